The van der Waals surface area contributed by atoms with E-state index in [2.05, 4.69) is 11.9 Å². The predicted octanol–water partition coefficient (Wildman–Crippen LogP) is 3.05. The van der Waals surface area contributed by atoms with E-state index in [-0.39, 0.29) is 5.91 Å². The molecule has 0 saturated carbocycles. The summed E-state index contributed by atoms with van der Waals surface area (Å²) in [7, 11) is 0. The first-order valence-electron chi connectivity index (χ1n) is 5.00. The summed E-state index contributed by atoms with van der Waals surface area (Å²) in [6, 6.07) is 5.40. The summed E-state index contributed by atoms with van der Waals surface area (Å²) in [5, 5.41) is 4.21. The lowest BCUT2D eigenvalue weighted by molar-refractivity contribution is 0.0963. The Balaban J connectivity index is 2.44. The van der Waals surface area contributed by atoms with Gasteiger partial charge in [0.25, 0.3) is 5.91 Å². The van der Waals surface area contributed by atoms with E-state index in [9.17, 15) is 4.79 Å². The van der Waals surface area contributed by atoms with Crippen LogP contribution in [0.1, 0.15) is 9.67 Å². The van der Waals surface area contributed by atoms with E-state index in [0.29, 0.717) is 22.1 Å². The summed E-state index contributed by atoms with van der Waals surface area (Å²) < 4.78 is 0.916. The number of fused-ring (bicyclic) bond motifs is 1. The van der Waals surface area contributed by atoms with Crippen LogP contribution in [0.25, 0.3) is 10.1 Å². The maximum absolute atomic E-state index is 11.8. The molecule has 3 nitrogen and oxygen atoms in total. The molecule has 0 spiro atoms. The van der Waals surface area contributed by atoms with Crippen LogP contribution in [0.5, 0.6) is 0 Å². The van der Waals surface area contributed by atoms with Crippen LogP contribution in [0.15, 0.2) is 30.9 Å². The van der Waals surface area contributed by atoms with Crippen molar-refractivity contribution in [2.45, 2.75) is 0 Å². The molecule has 5 heteroatoms. The van der Waals surface area contributed by atoms with Crippen LogP contribution in [0, 0.1) is 0 Å². The van der Waals surface area contributed by atoms with Crippen molar-refractivity contribution in [3.8, 4) is 0 Å². The number of hydrogen-bond donors (Lipinski definition) is 2. The Bertz CT molecular complexity index is 591. The van der Waals surface area contributed by atoms with Crippen molar-refractivity contribution in [3.05, 3.63) is 40.8 Å². The summed E-state index contributed by atoms with van der Waals surface area (Å²) in [5.74, 6) is -0.181. The van der Waals surface area contributed by atoms with Gasteiger partial charge < -0.3 is 11.1 Å². The number of nitrogens with one attached hydrogen (secondary N) is 1. The molecule has 0 unspecified atom stereocenters. The van der Waals surface area contributed by atoms with E-state index in [1.54, 1.807) is 12.1 Å². The van der Waals surface area contributed by atoms with Crippen molar-refractivity contribution in [3.63, 3.8) is 0 Å². The van der Waals surface area contributed by atoms with Crippen LogP contribution in [0.3, 0.4) is 0 Å². The molecular formula is C12H11ClN2OS. The van der Waals surface area contributed by atoms with Gasteiger partial charge in [0.05, 0.1) is 5.69 Å². The van der Waals surface area contributed by atoms with Crippen LogP contribution in [0.2, 0.25) is 5.02 Å². The van der Waals surface area contributed by atoms with Crippen molar-refractivity contribution in [2.24, 2.45) is 0 Å². The van der Waals surface area contributed by atoms with Gasteiger partial charge in [-0.15, -0.1) is 17.9 Å². The predicted molar refractivity (Wildman–Crippen MR) is 73.8 cm³/mol. The van der Waals surface area contributed by atoms with E-state index in [4.69, 9.17) is 17.3 Å². The van der Waals surface area contributed by atoms with Gasteiger partial charge >= 0.3 is 0 Å². The number of carbonyl (C=O) groups is 1. The fourth-order valence-electron chi connectivity index (χ4n) is 1.50. The molecular weight excluding hydrogens is 256 g/mol. The molecule has 0 aliphatic heterocycles. The first-order chi connectivity index (χ1) is 8.13. The smallest absolute Gasteiger partial charge is 0.263 e. The van der Waals surface area contributed by atoms with E-state index in [0.717, 1.165) is 10.1 Å². The molecule has 2 aromatic rings. The van der Waals surface area contributed by atoms with Gasteiger partial charge in [0, 0.05) is 21.7 Å². The number of hydrogen-bond acceptors (Lipinski definition) is 3. The van der Waals surface area contributed by atoms with Crippen molar-refractivity contribution in [1.82, 2.24) is 5.32 Å². The highest BCUT2D eigenvalue weighted by Crippen LogP contribution is 2.34. The molecule has 2 rings (SSSR count). The van der Waals surface area contributed by atoms with Crippen LogP contribution >= 0.6 is 22.9 Å². The first-order valence-corrected chi connectivity index (χ1v) is 6.19. The zero-order valence-electron chi connectivity index (χ0n) is 9.00. The largest absolute Gasteiger partial charge is 0.397 e. The summed E-state index contributed by atoms with van der Waals surface area (Å²) in [4.78, 5) is 12.3. The summed E-state index contributed by atoms with van der Waals surface area (Å²) >= 11 is 7.24. The Hall–Kier alpha value is -1.52. The molecule has 0 saturated heterocycles. The zero-order valence-corrected chi connectivity index (χ0v) is 10.6. The fourth-order valence-corrected chi connectivity index (χ4v) is 2.82. The third-order valence-corrected chi connectivity index (χ3v) is 3.71. The number of benzene rings is 1. The number of halogens is 1. The highest BCUT2D eigenvalue weighted by Gasteiger charge is 2.15. The lowest BCUT2D eigenvalue weighted by Gasteiger charge is -1.99. The topological polar surface area (TPSA) is 55.1 Å². The van der Waals surface area contributed by atoms with Gasteiger partial charge in [0.2, 0.25) is 0 Å². The Morgan fingerprint density at radius 2 is 2.35 bits per heavy atom. The van der Waals surface area contributed by atoms with Gasteiger partial charge in [-0.1, -0.05) is 17.7 Å². The third kappa shape index (κ3) is 2.28. The Labute approximate surface area is 108 Å². The van der Waals surface area contributed by atoms with Crippen LogP contribution in [-0.4, -0.2) is 12.5 Å². The van der Waals surface area contributed by atoms with Gasteiger partial charge in [-0.3, -0.25) is 4.79 Å². The second-order valence-corrected chi connectivity index (χ2v) is 4.97. The number of rotatable bonds is 3. The SMILES string of the molecule is C=CCNC(=O)c1sc2cc(Cl)ccc2c1N. The first kappa shape index (κ1) is 12.0. The standard InChI is InChI=1S/C12H11ClN2OS/c1-2-5-15-12(16)11-10(14)8-4-3-7(13)6-9(8)17-11/h2-4,6H,1,5,14H2,(H,15,16). The molecule has 0 aliphatic carbocycles. The molecule has 17 heavy (non-hydrogen) atoms. The minimum absolute atomic E-state index is 0.181. The fraction of sp³-hybridized carbons (Fsp3) is 0.0833. The van der Waals surface area contributed by atoms with E-state index in [1.165, 1.54) is 11.3 Å². The summed E-state index contributed by atoms with van der Waals surface area (Å²) in [6.45, 7) is 3.97. The third-order valence-electron chi connectivity index (χ3n) is 2.30. The van der Waals surface area contributed by atoms with Gasteiger partial charge in [-0.05, 0) is 18.2 Å². The molecule has 0 fully saturated rings. The van der Waals surface area contributed by atoms with E-state index < -0.39 is 0 Å². The number of nitrogens with two attached hydrogens (primary N) is 1. The second-order valence-electron chi connectivity index (χ2n) is 3.48. The van der Waals surface area contributed by atoms with Gasteiger partial charge in [0.15, 0.2) is 0 Å². The average molecular weight is 267 g/mol. The Morgan fingerprint density at radius 1 is 1.59 bits per heavy atom. The van der Waals surface area contributed by atoms with E-state index >= 15 is 0 Å². The van der Waals surface area contributed by atoms with Crippen molar-refractivity contribution < 1.29 is 4.79 Å². The number of nitrogen functional groups attached to an aromatic ring is 1. The molecule has 88 valence electrons. The lowest BCUT2D eigenvalue weighted by atomic mass is 10.2. The molecule has 0 radical (unpaired) electrons. The summed E-state index contributed by atoms with van der Waals surface area (Å²) in [5.41, 5.74) is 6.45. The maximum atomic E-state index is 11.8. The minimum Gasteiger partial charge on any atom is -0.397 e. The minimum atomic E-state index is -0.181. The van der Waals surface area contributed by atoms with Crippen molar-refractivity contribution >= 4 is 44.6 Å². The van der Waals surface area contributed by atoms with Crippen molar-refractivity contribution in [1.29, 1.82) is 0 Å². The number of thiophene rings is 1. The molecule has 3 N–H and O–H groups in total. The highest BCUT2D eigenvalue weighted by molar-refractivity contribution is 7.21. The quantitative estimate of drug-likeness (QED) is 0.839. The van der Waals surface area contributed by atoms with Gasteiger partial charge in [-0.2, -0.15) is 0 Å². The van der Waals surface area contributed by atoms with Crippen LogP contribution in [-0.2, 0) is 0 Å². The monoisotopic (exact) mass is 266 g/mol. The van der Waals surface area contributed by atoms with Crippen molar-refractivity contribution in [2.75, 3.05) is 12.3 Å². The number of anilines is 1. The van der Waals surface area contributed by atoms with Gasteiger partial charge in [0.1, 0.15) is 4.88 Å². The average Bonchev–Trinajstić information content (AvgIpc) is 2.63. The number of carbonyl (C=O) groups excluding carboxylic acids is 1. The summed E-state index contributed by atoms with van der Waals surface area (Å²) in [6.07, 6.45) is 1.62. The zero-order chi connectivity index (χ0) is 12.4. The molecule has 0 aliphatic rings. The molecule has 1 heterocycles. The van der Waals surface area contributed by atoms with Gasteiger partial charge in [-0.25, -0.2) is 0 Å². The molecule has 1 aromatic carbocycles. The van der Waals surface area contributed by atoms with E-state index in [1.807, 2.05) is 12.1 Å². The second kappa shape index (κ2) is 4.77. The van der Waals surface area contributed by atoms with Crippen LogP contribution in [0.4, 0.5) is 5.69 Å². The number of amides is 1. The Morgan fingerprint density at radius 3 is 3.06 bits per heavy atom. The molecule has 0 bridgehead atoms. The molecule has 1 aromatic heterocycles. The van der Waals surface area contributed by atoms with Crippen LogP contribution < -0.4 is 11.1 Å². The highest BCUT2D eigenvalue weighted by atomic mass is 35.5. The maximum Gasteiger partial charge on any atom is 0.263 e. The molecule has 1 amide bonds. The normalized spacial score (nSPS) is 10.4. The lowest BCUT2D eigenvalue weighted by Crippen LogP contribution is -2.22. The molecule has 0 atom stereocenters. The Kier molecular flexibility index (Phi) is 3.36.